The first-order valence-electron chi connectivity index (χ1n) is 8.26. The highest BCUT2D eigenvalue weighted by Gasteiger charge is 2.48. The molecule has 1 heterocycles. The van der Waals surface area contributed by atoms with Gasteiger partial charge in [-0.25, -0.2) is 0 Å². The maximum Gasteiger partial charge on any atom is 0.205 e. The zero-order valence-electron chi connectivity index (χ0n) is 12.5. The van der Waals surface area contributed by atoms with Gasteiger partial charge in [0.1, 0.15) is 5.01 Å². The molecule has 3 nitrogen and oxygen atoms in total. The molecular formula is C16H25N3S. The van der Waals surface area contributed by atoms with Crippen LogP contribution in [0.3, 0.4) is 0 Å². The SMILES string of the molecule is CC(C)Cc1nnc(NC2C3CC4CC(C3)CC2C4)s1. The number of rotatable bonds is 4. The molecule has 4 bridgehead atoms. The Labute approximate surface area is 125 Å². The molecule has 1 aromatic heterocycles. The Bertz CT molecular complexity index is 454. The van der Waals surface area contributed by atoms with Crippen LogP contribution in [0.5, 0.6) is 0 Å². The fourth-order valence-electron chi connectivity index (χ4n) is 5.05. The first kappa shape index (κ1) is 13.1. The maximum atomic E-state index is 4.38. The van der Waals surface area contributed by atoms with Crippen LogP contribution < -0.4 is 5.32 Å². The second-order valence-corrected chi connectivity index (χ2v) is 8.76. The third kappa shape index (κ3) is 2.36. The molecule has 0 aromatic carbocycles. The summed E-state index contributed by atoms with van der Waals surface area (Å²) in [5, 5.41) is 14.7. The first-order chi connectivity index (χ1) is 9.67. The maximum absolute atomic E-state index is 4.38. The van der Waals surface area contributed by atoms with E-state index < -0.39 is 0 Å². The van der Waals surface area contributed by atoms with Crippen molar-refractivity contribution < 1.29 is 0 Å². The van der Waals surface area contributed by atoms with Crippen molar-refractivity contribution in [2.24, 2.45) is 29.6 Å². The molecule has 4 aliphatic carbocycles. The van der Waals surface area contributed by atoms with Gasteiger partial charge in [-0.05, 0) is 61.7 Å². The van der Waals surface area contributed by atoms with Gasteiger partial charge < -0.3 is 5.32 Å². The Morgan fingerprint density at radius 1 is 1.05 bits per heavy atom. The molecule has 20 heavy (non-hydrogen) atoms. The molecule has 0 spiro atoms. The number of aromatic nitrogens is 2. The summed E-state index contributed by atoms with van der Waals surface area (Å²) in [5.74, 6) is 4.56. The minimum atomic E-state index is 0.664. The average Bonchev–Trinajstić information content (AvgIpc) is 2.79. The molecule has 5 rings (SSSR count). The molecule has 1 N–H and O–H groups in total. The fraction of sp³-hybridized carbons (Fsp3) is 0.875. The molecule has 0 saturated heterocycles. The lowest BCUT2D eigenvalue weighted by molar-refractivity contribution is 0.00752. The van der Waals surface area contributed by atoms with Crippen molar-refractivity contribution in [2.45, 2.75) is 58.4 Å². The molecule has 1 aromatic rings. The van der Waals surface area contributed by atoms with Crippen LogP contribution in [0.15, 0.2) is 0 Å². The van der Waals surface area contributed by atoms with Gasteiger partial charge in [-0.2, -0.15) is 0 Å². The molecule has 0 atom stereocenters. The highest BCUT2D eigenvalue weighted by molar-refractivity contribution is 7.15. The summed E-state index contributed by atoms with van der Waals surface area (Å²) < 4.78 is 0. The van der Waals surface area contributed by atoms with Crippen LogP contribution in [0, 0.1) is 29.6 Å². The van der Waals surface area contributed by atoms with E-state index in [1.807, 2.05) is 0 Å². The van der Waals surface area contributed by atoms with Gasteiger partial charge in [0.15, 0.2) is 0 Å². The Morgan fingerprint density at radius 3 is 2.30 bits per heavy atom. The first-order valence-corrected chi connectivity index (χ1v) is 9.08. The van der Waals surface area contributed by atoms with Crippen molar-refractivity contribution in [3.05, 3.63) is 5.01 Å². The number of nitrogens with zero attached hydrogens (tertiary/aromatic N) is 2. The topological polar surface area (TPSA) is 37.8 Å². The smallest absolute Gasteiger partial charge is 0.205 e. The average molecular weight is 291 g/mol. The standard InChI is InChI=1S/C16H25N3S/c1-9(2)3-14-18-19-16(20-14)17-15-12-5-10-4-11(7-12)8-13(15)6-10/h9-13,15H,3-8H2,1-2H3,(H,17,19). The number of anilines is 1. The molecule has 4 fully saturated rings. The monoisotopic (exact) mass is 291 g/mol. The van der Waals surface area contributed by atoms with E-state index in [-0.39, 0.29) is 0 Å². The van der Waals surface area contributed by atoms with Crippen LogP contribution in [0.2, 0.25) is 0 Å². The van der Waals surface area contributed by atoms with E-state index in [9.17, 15) is 0 Å². The van der Waals surface area contributed by atoms with Crippen molar-refractivity contribution in [1.82, 2.24) is 10.2 Å². The summed E-state index contributed by atoms with van der Waals surface area (Å²) in [5.41, 5.74) is 0. The molecule has 0 aliphatic heterocycles. The lowest BCUT2D eigenvalue weighted by Crippen LogP contribution is -2.51. The van der Waals surface area contributed by atoms with Gasteiger partial charge in [0.2, 0.25) is 5.13 Å². The van der Waals surface area contributed by atoms with Crippen molar-refractivity contribution in [1.29, 1.82) is 0 Å². The van der Waals surface area contributed by atoms with Gasteiger partial charge in [0.05, 0.1) is 0 Å². The third-order valence-electron chi connectivity index (χ3n) is 5.57. The van der Waals surface area contributed by atoms with Crippen molar-refractivity contribution in [3.8, 4) is 0 Å². The molecule has 0 unspecified atom stereocenters. The highest BCUT2D eigenvalue weighted by atomic mass is 32.1. The Balaban J connectivity index is 1.45. The summed E-state index contributed by atoms with van der Waals surface area (Å²) in [7, 11) is 0. The molecule has 4 aliphatic rings. The second kappa shape index (κ2) is 4.97. The quantitative estimate of drug-likeness (QED) is 0.912. The van der Waals surface area contributed by atoms with Crippen LogP contribution in [0.1, 0.15) is 51.0 Å². The second-order valence-electron chi connectivity index (χ2n) is 7.70. The van der Waals surface area contributed by atoms with E-state index in [0.717, 1.165) is 35.2 Å². The fourth-order valence-corrected chi connectivity index (χ4v) is 6.05. The largest absolute Gasteiger partial charge is 0.357 e. The van der Waals surface area contributed by atoms with E-state index in [2.05, 4.69) is 29.4 Å². The minimum absolute atomic E-state index is 0.664. The molecule has 0 amide bonds. The van der Waals surface area contributed by atoms with Gasteiger partial charge in [-0.3, -0.25) is 0 Å². The van der Waals surface area contributed by atoms with Crippen LogP contribution in [0.4, 0.5) is 5.13 Å². The Hall–Kier alpha value is -0.640. The van der Waals surface area contributed by atoms with Crippen molar-refractivity contribution >= 4 is 16.5 Å². The van der Waals surface area contributed by atoms with Crippen molar-refractivity contribution in [2.75, 3.05) is 5.32 Å². The van der Waals surface area contributed by atoms with Crippen LogP contribution in [0.25, 0.3) is 0 Å². The molecular weight excluding hydrogens is 266 g/mol. The summed E-state index contributed by atoms with van der Waals surface area (Å²) in [6.07, 6.45) is 8.42. The lowest BCUT2D eigenvalue weighted by atomic mass is 9.54. The van der Waals surface area contributed by atoms with Crippen LogP contribution in [-0.2, 0) is 6.42 Å². The highest BCUT2D eigenvalue weighted by Crippen LogP contribution is 2.54. The van der Waals surface area contributed by atoms with Gasteiger partial charge in [0.25, 0.3) is 0 Å². The summed E-state index contributed by atoms with van der Waals surface area (Å²) in [4.78, 5) is 0. The molecule has 4 saturated carbocycles. The molecule has 4 heteroatoms. The number of hydrogen-bond donors (Lipinski definition) is 1. The summed E-state index contributed by atoms with van der Waals surface area (Å²) in [6, 6.07) is 0.683. The molecule has 110 valence electrons. The Morgan fingerprint density at radius 2 is 1.70 bits per heavy atom. The number of nitrogens with one attached hydrogen (secondary N) is 1. The molecule has 0 radical (unpaired) electrons. The minimum Gasteiger partial charge on any atom is -0.357 e. The van der Waals surface area contributed by atoms with E-state index in [4.69, 9.17) is 0 Å². The zero-order valence-corrected chi connectivity index (χ0v) is 13.3. The Kier molecular flexibility index (Phi) is 3.24. The summed E-state index contributed by atoms with van der Waals surface area (Å²) in [6.45, 7) is 4.48. The van der Waals surface area contributed by atoms with Crippen LogP contribution >= 0.6 is 11.3 Å². The van der Waals surface area contributed by atoms with E-state index in [1.165, 1.54) is 37.1 Å². The van der Waals surface area contributed by atoms with E-state index in [0.29, 0.717) is 12.0 Å². The lowest BCUT2D eigenvalue weighted by Gasteiger charge is -2.54. The van der Waals surface area contributed by atoms with Crippen LogP contribution in [-0.4, -0.2) is 16.2 Å². The van der Waals surface area contributed by atoms with Gasteiger partial charge in [-0.15, -0.1) is 10.2 Å². The summed E-state index contributed by atoms with van der Waals surface area (Å²) >= 11 is 1.77. The normalized spacial score (nSPS) is 38.6. The number of hydrogen-bond acceptors (Lipinski definition) is 4. The van der Waals surface area contributed by atoms with E-state index >= 15 is 0 Å². The van der Waals surface area contributed by atoms with Gasteiger partial charge >= 0.3 is 0 Å². The third-order valence-corrected chi connectivity index (χ3v) is 6.44. The van der Waals surface area contributed by atoms with Gasteiger partial charge in [-0.1, -0.05) is 25.2 Å². The van der Waals surface area contributed by atoms with E-state index in [1.54, 1.807) is 11.3 Å². The van der Waals surface area contributed by atoms with Gasteiger partial charge in [0, 0.05) is 12.5 Å². The van der Waals surface area contributed by atoms with Crippen molar-refractivity contribution in [3.63, 3.8) is 0 Å². The predicted octanol–water partition coefficient (Wildman–Crippen LogP) is 3.97. The predicted molar refractivity (Wildman–Crippen MR) is 82.9 cm³/mol. The zero-order chi connectivity index (χ0) is 13.7.